The zero-order valence-corrected chi connectivity index (χ0v) is 19.7. The lowest BCUT2D eigenvalue weighted by Crippen LogP contribution is -2.38. The first-order chi connectivity index (χ1) is 15.3. The molecule has 168 valence electrons. The molecule has 0 radical (unpaired) electrons. The van der Waals surface area contributed by atoms with Crippen molar-refractivity contribution in [2.24, 2.45) is 0 Å². The topological polar surface area (TPSA) is 79.6 Å². The number of fused-ring (bicyclic) bond motifs is 1. The monoisotopic (exact) mass is 452 g/mol. The molecule has 0 aliphatic rings. The molecule has 0 spiro atoms. The second-order valence-electron chi connectivity index (χ2n) is 7.60. The van der Waals surface area contributed by atoms with Crippen LogP contribution in [-0.4, -0.2) is 46.9 Å². The molecule has 0 saturated heterocycles. The van der Waals surface area contributed by atoms with E-state index in [0.717, 1.165) is 29.9 Å². The minimum Gasteiger partial charge on any atom is -0.302 e. The number of hydrogen-bond acceptors (Lipinski definition) is 6. The fraction of sp³-hybridized carbons (Fsp3) is 0.333. The van der Waals surface area contributed by atoms with Gasteiger partial charge >= 0.3 is 0 Å². The Balaban J connectivity index is 1.90. The van der Waals surface area contributed by atoms with Gasteiger partial charge in [0.2, 0.25) is 0 Å². The van der Waals surface area contributed by atoms with E-state index in [9.17, 15) is 14.9 Å². The van der Waals surface area contributed by atoms with Crippen LogP contribution in [0.5, 0.6) is 0 Å². The Morgan fingerprint density at radius 2 is 1.84 bits per heavy atom. The predicted molar refractivity (Wildman–Crippen MR) is 131 cm³/mol. The van der Waals surface area contributed by atoms with Gasteiger partial charge in [0.25, 0.3) is 11.6 Å². The molecule has 1 heterocycles. The maximum atomic E-state index is 13.2. The molecule has 7 nitrogen and oxygen atoms in total. The number of anilines is 1. The van der Waals surface area contributed by atoms with E-state index < -0.39 is 4.92 Å². The van der Waals surface area contributed by atoms with Gasteiger partial charge in [-0.1, -0.05) is 37.3 Å². The molecule has 1 amide bonds. The maximum Gasteiger partial charge on any atom is 0.270 e. The van der Waals surface area contributed by atoms with Crippen LogP contribution >= 0.6 is 11.3 Å². The van der Waals surface area contributed by atoms with Gasteiger partial charge in [0.15, 0.2) is 5.13 Å². The Kier molecular flexibility index (Phi) is 7.71. The van der Waals surface area contributed by atoms with E-state index in [0.29, 0.717) is 17.2 Å². The Morgan fingerprint density at radius 3 is 2.53 bits per heavy atom. The van der Waals surface area contributed by atoms with Crippen LogP contribution in [0, 0.1) is 24.0 Å². The van der Waals surface area contributed by atoms with Crippen molar-refractivity contribution in [3.05, 3.63) is 69.3 Å². The number of rotatable bonds is 9. The highest BCUT2D eigenvalue weighted by atomic mass is 32.1. The largest absolute Gasteiger partial charge is 0.302 e. The molecule has 8 heteroatoms. The summed E-state index contributed by atoms with van der Waals surface area (Å²) in [6, 6.07) is 10.4. The summed E-state index contributed by atoms with van der Waals surface area (Å²) in [6.07, 6.45) is 3.07. The number of nitrogens with zero attached hydrogens (tertiary/aromatic N) is 4. The summed E-state index contributed by atoms with van der Waals surface area (Å²) in [6.45, 7) is 11.4. The van der Waals surface area contributed by atoms with Gasteiger partial charge in [-0.05, 0) is 61.8 Å². The average Bonchev–Trinajstić information content (AvgIpc) is 3.17. The highest BCUT2D eigenvalue weighted by molar-refractivity contribution is 7.22. The average molecular weight is 453 g/mol. The van der Waals surface area contributed by atoms with Gasteiger partial charge in [0.1, 0.15) is 0 Å². The summed E-state index contributed by atoms with van der Waals surface area (Å²) in [5.41, 5.74) is 3.85. The summed E-state index contributed by atoms with van der Waals surface area (Å²) in [5.74, 6) is -0.198. The Morgan fingerprint density at radius 1 is 1.12 bits per heavy atom. The lowest BCUT2D eigenvalue weighted by molar-refractivity contribution is -0.384. The number of benzene rings is 2. The van der Waals surface area contributed by atoms with Crippen molar-refractivity contribution in [2.45, 2.75) is 27.7 Å². The minimum atomic E-state index is -0.444. The molecule has 0 atom stereocenters. The van der Waals surface area contributed by atoms with Crippen molar-refractivity contribution in [1.82, 2.24) is 9.88 Å². The van der Waals surface area contributed by atoms with Crippen LogP contribution < -0.4 is 4.90 Å². The van der Waals surface area contributed by atoms with Crippen LogP contribution in [0.2, 0.25) is 0 Å². The predicted octanol–water partition coefficient (Wildman–Crippen LogP) is 5.21. The zero-order chi connectivity index (χ0) is 23.3. The highest BCUT2D eigenvalue weighted by Gasteiger charge is 2.19. The van der Waals surface area contributed by atoms with E-state index in [1.807, 2.05) is 0 Å². The standard InChI is InChI=1S/C24H28N4O3S/c1-5-26(6-2)12-13-27(24-25-21-14-17(3)18(4)15-22(21)32-24)23(29)11-10-19-8-7-9-20(16-19)28(30)31/h7-11,14-16H,5-6,12-13H2,1-4H3/b11-10+. The molecule has 0 saturated carbocycles. The van der Waals surface area contributed by atoms with Crippen molar-refractivity contribution in [3.8, 4) is 0 Å². The number of nitro groups is 1. The second-order valence-corrected chi connectivity index (χ2v) is 8.61. The van der Waals surface area contributed by atoms with E-state index in [4.69, 9.17) is 4.98 Å². The second kappa shape index (κ2) is 10.5. The van der Waals surface area contributed by atoms with Crippen molar-refractivity contribution in [3.63, 3.8) is 0 Å². The summed E-state index contributed by atoms with van der Waals surface area (Å²) in [7, 11) is 0. The SMILES string of the molecule is CCN(CC)CCN(C(=O)/C=C/c1cccc([N+](=O)[O-])c1)c1nc2cc(C)c(C)cc2s1. The molecule has 0 unspecified atom stereocenters. The molecule has 0 N–H and O–H groups in total. The van der Waals surface area contributed by atoms with E-state index >= 15 is 0 Å². The van der Waals surface area contributed by atoms with Crippen molar-refractivity contribution in [2.75, 3.05) is 31.1 Å². The Labute approximate surface area is 192 Å². The first-order valence-electron chi connectivity index (χ1n) is 10.7. The van der Waals surface area contributed by atoms with Gasteiger partial charge in [-0.15, -0.1) is 0 Å². The number of carbonyl (C=O) groups is 1. The molecule has 3 aromatic rings. The van der Waals surface area contributed by atoms with E-state index in [2.05, 4.69) is 44.7 Å². The molecule has 0 bridgehead atoms. The van der Waals surface area contributed by atoms with Crippen LogP contribution in [0.25, 0.3) is 16.3 Å². The lowest BCUT2D eigenvalue weighted by Gasteiger charge is -2.23. The van der Waals surface area contributed by atoms with Crippen LogP contribution in [0.3, 0.4) is 0 Å². The van der Waals surface area contributed by atoms with Gasteiger partial charge in [-0.25, -0.2) is 4.98 Å². The summed E-state index contributed by atoms with van der Waals surface area (Å²) in [5, 5.41) is 11.7. The maximum absolute atomic E-state index is 13.2. The van der Waals surface area contributed by atoms with Crippen LogP contribution in [-0.2, 0) is 4.79 Å². The van der Waals surface area contributed by atoms with Crippen LogP contribution in [0.15, 0.2) is 42.5 Å². The third-order valence-electron chi connectivity index (χ3n) is 5.52. The number of amides is 1. The fourth-order valence-electron chi connectivity index (χ4n) is 3.36. The Bertz CT molecular complexity index is 1110. The number of likely N-dealkylation sites (N-methyl/N-ethyl adjacent to an activating group) is 1. The van der Waals surface area contributed by atoms with Crippen LogP contribution in [0.1, 0.15) is 30.5 Å². The van der Waals surface area contributed by atoms with Crippen LogP contribution in [0.4, 0.5) is 10.8 Å². The molecule has 2 aromatic carbocycles. The third kappa shape index (κ3) is 5.57. The smallest absolute Gasteiger partial charge is 0.270 e. The number of non-ortho nitro benzene ring substituents is 1. The summed E-state index contributed by atoms with van der Waals surface area (Å²) >= 11 is 1.50. The fourth-order valence-corrected chi connectivity index (χ4v) is 4.44. The number of carbonyl (C=O) groups excluding carboxylic acids is 1. The van der Waals surface area contributed by atoms with Crippen molar-refractivity contribution in [1.29, 1.82) is 0 Å². The first kappa shape index (κ1) is 23.6. The quantitative estimate of drug-likeness (QED) is 0.253. The molecule has 32 heavy (non-hydrogen) atoms. The number of nitro benzene ring substituents is 1. The van der Waals surface area contributed by atoms with E-state index in [1.165, 1.54) is 40.7 Å². The van der Waals surface area contributed by atoms with Gasteiger partial charge in [-0.3, -0.25) is 19.8 Å². The molecular formula is C24H28N4O3S. The number of hydrogen-bond donors (Lipinski definition) is 0. The number of aromatic nitrogens is 1. The van der Waals surface area contributed by atoms with E-state index in [-0.39, 0.29) is 11.6 Å². The van der Waals surface area contributed by atoms with Crippen molar-refractivity contribution >= 4 is 44.4 Å². The molecule has 0 aliphatic carbocycles. The van der Waals surface area contributed by atoms with E-state index in [1.54, 1.807) is 23.1 Å². The highest BCUT2D eigenvalue weighted by Crippen LogP contribution is 2.31. The first-order valence-corrected chi connectivity index (χ1v) is 11.5. The minimum absolute atomic E-state index is 0.00472. The molecule has 0 fully saturated rings. The third-order valence-corrected chi connectivity index (χ3v) is 6.56. The number of thiazole rings is 1. The number of aryl methyl sites for hydroxylation is 2. The summed E-state index contributed by atoms with van der Waals surface area (Å²) in [4.78, 5) is 32.5. The normalized spacial score (nSPS) is 11.5. The molecule has 1 aromatic heterocycles. The van der Waals surface area contributed by atoms with Gasteiger partial charge in [0.05, 0.1) is 15.1 Å². The molecule has 0 aliphatic heterocycles. The lowest BCUT2D eigenvalue weighted by atomic mass is 10.1. The van der Waals surface area contributed by atoms with Crippen molar-refractivity contribution < 1.29 is 9.72 Å². The van der Waals surface area contributed by atoms with Gasteiger partial charge in [-0.2, -0.15) is 0 Å². The summed E-state index contributed by atoms with van der Waals surface area (Å²) < 4.78 is 1.05. The van der Waals surface area contributed by atoms with Gasteiger partial charge < -0.3 is 4.90 Å². The molecular weight excluding hydrogens is 424 g/mol. The zero-order valence-electron chi connectivity index (χ0n) is 18.9. The Hall–Kier alpha value is -3.10. The molecule has 3 rings (SSSR count). The van der Waals surface area contributed by atoms with Gasteiger partial charge in [0, 0.05) is 31.3 Å².